The summed E-state index contributed by atoms with van der Waals surface area (Å²) in [6.45, 7) is 15.0. The van der Waals surface area contributed by atoms with Gasteiger partial charge in [0.2, 0.25) is 0 Å². The first-order valence-electron chi connectivity index (χ1n) is 11.8. The SMILES string of the molecule is C=C1/C=C/[C@H](OC(C)=O)[C@]2(C)[C@@H](OC(C)=O)CCC(=C)[C@H]2[C@H](OC(C)=O)[C@]2(O)[C@@H](C)C(=O)O[C@H]2[C@H]1Cl. The zero-order chi connectivity index (χ0) is 27.2. The van der Waals surface area contributed by atoms with Crippen molar-refractivity contribution in [1.82, 2.24) is 0 Å². The predicted molar refractivity (Wildman–Crippen MR) is 129 cm³/mol. The van der Waals surface area contributed by atoms with Crippen molar-refractivity contribution < 1.29 is 43.2 Å². The number of allylic oxidation sites excluding steroid dienone is 1. The van der Waals surface area contributed by atoms with E-state index in [0.717, 1.165) is 0 Å². The van der Waals surface area contributed by atoms with Gasteiger partial charge in [-0.3, -0.25) is 19.2 Å². The van der Waals surface area contributed by atoms with Crippen LogP contribution in [0.1, 0.15) is 47.5 Å². The number of aliphatic hydroxyl groups is 1. The average Bonchev–Trinajstić information content (AvgIpc) is 3.00. The molecule has 1 aliphatic heterocycles. The molecule has 10 heteroatoms. The number of hydrogen-bond acceptors (Lipinski definition) is 9. The summed E-state index contributed by atoms with van der Waals surface area (Å²) in [5.41, 5.74) is -2.57. The fourth-order valence-electron chi connectivity index (χ4n) is 5.83. The molecule has 3 rings (SSSR count). The lowest BCUT2D eigenvalue weighted by atomic mass is 9.55. The van der Waals surface area contributed by atoms with Gasteiger partial charge in [-0.05, 0) is 31.4 Å². The lowest BCUT2D eigenvalue weighted by Crippen LogP contribution is -2.66. The molecule has 0 radical (unpaired) electrons. The topological polar surface area (TPSA) is 125 Å². The Labute approximate surface area is 215 Å². The highest BCUT2D eigenvalue weighted by Gasteiger charge is 2.68. The van der Waals surface area contributed by atoms with Gasteiger partial charge < -0.3 is 24.1 Å². The van der Waals surface area contributed by atoms with Gasteiger partial charge in [-0.15, -0.1) is 11.6 Å². The van der Waals surface area contributed by atoms with E-state index in [2.05, 4.69) is 13.2 Å². The Balaban J connectivity index is 2.39. The van der Waals surface area contributed by atoms with Gasteiger partial charge in [-0.2, -0.15) is 0 Å². The fraction of sp³-hybridized carbons (Fsp3) is 0.615. The number of rotatable bonds is 3. The second-order valence-electron chi connectivity index (χ2n) is 10.0. The number of esters is 4. The molecule has 36 heavy (non-hydrogen) atoms. The van der Waals surface area contributed by atoms with Crippen LogP contribution in [-0.2, 0) is 38.1 Å². The van der Waals surface area contributed by atoms with Gasteiger partial charge in [-0.25, -0.2) is 0 Å². The first-order valence-corrected chi connectivity index (χ1v) is 12.2. The van der Waals surface area contributed by atoms with Gasteiger partial charge in [0.25, 0.3) is 0 Å². The van der Waals surface area contributed by atoms with Crippen LogP contribution in [0.2, 0.25) is 0 Å². The lowest BCUT2D eigenvalue weighted by Gasteiger charge is -2.55. The fourth-order valence-corrected chi connectivity index (χ4v) is 6.15. The van der Waals surface area contributed by atoms with Crippen molar-refractivity contribution in [3.05, 3.63) is 36.5 Å². The maximum absolute atomic E-state index is 12.8. The molecule has 0 aromatic heterocycles. The summed E-state index contributed by atoms with van der Waals surface area (Å²) in [5, 5.41) is 11.2. The van der Waals surface area contributed by atoms with E-state index in [-0.39, 0.29) is 5.57 Å². The van der Waals surface area contributed by atoms with Crippen molar-refractivity contribution in [3.63, 3.8) is 0 Å². The number of fused-ring (bicyclic) bond motifs is 2. The minimum absolute atomic E-state index is 0.265. The van der Waals surface area contributed by atoms with Gasteiger partial charge in [0.1, 0.15) is 18.3 Å². The van der Waals surface area contributed by atoms with E-state index in [9.17, 15) is 24.3 Å². The summed E-state index contributed by atoms with van der Waals surface area (Å²) < 4.78 is 22.7. The molecule has 0 amide bonds. The van der Waals surface area contributed by atoms with E-state index in [1.54, 1.807) is 13.0 Å². The number of carbonyl (C=O) groups excluding carboxylic acids is 4. The second kappa shape index (κ2) is 10.0. The molecule has 198 valence electrons. The summed E-state index contributed by atoms with van der Waals surface area (Å²) in [7, 11) is 0. The van der Waals surface area contributed by atoms with Crippen molar-refractivity contribution in [3.8, 4) is 0 Å². The maximum Gasteiger partial charge on any atom is 0.312 e. The monoisotopic (exact) mass is 524 g/mol. The third-order valence-corrected chi connectivity index (χ3v) is 8.16. The van der Waals surface area contributed by atoms with Gasteiger partial charge in [0, 0.05) is 26.7 Å². The van der Waals surface area contributed by atoms with Crippen LogP contribution >= 0.6 is 11.6 Å². The van der Waals surface area contributed by atoms with E-state index >= 15 is 0 Å². The van der Waals surface area contributed by atoms with Crippen LogP contribution in [-0.4, -0.2) is 64.4 Å². The summed E-state index contributed by atoms with van der Waals surface area (Å²) in [6.07, 6.45) is -0.810. The highest BCUT2D eigenvalue weighted by Crippen LogP contribution is 2.56. The van der Waals surface area contributed by atoms with E-state index in [1.165, 1.54) is 33.8 Å². The zero-order valence-corrected chi connectivity index (χ0v) is 21.9. The van der Waals surface area contributed by atoms with Crippen molar-refractivity contribution in [2.75, 3.05) is 0 Å². The van der Waals surface area contributed by atoms with Crippen LogP contribution in [0, 0.1) is 17.3 Å². The third kappa shape index (κ3) is 4.59. The molecule has 0 unspecified atom stereocenters. The Hall–Kier alpha value is -2.65. The Kier molecular flexibility index (Phi) is 7.77. The Bertz CT molecular complexity index is 1020. The van der Waals surface area contributed by atoms with E-state index in [4.69, 9.17) is 30.5 Å². The predicted octanol–water partition coefficient (Wildman–Crippen LogP) is 2.78. The minimum Gasteiger partial charge on any atom is -0.462 e. The van der Waals surface area contributed by atoms with Gasteiger partial charge in [0.15, 0.2) is 11.7 Å². The zero-order valence-electron chi connectivity index (χ0n) is 21.1. The Morgan fingerprint density at radius 3 is 2.25 bits per heavy atom. The van der Waals surface area contributed by atoms with Crippen molar-refractivity contribution in [1.29, 1.82) is 0 Å². The largest absolute Gasteiger partial charge is 0.462 e. The quantitative estimate of drug-likeness (QED) is 0.256. The minimum atomic E-state index is -2.11. The molecule has 9 atom stereocenters. The molecule has 1 heterocycles. The van der Waals surface area contributed by atoms with Crippen molar-refractivity contribution in [2.24, 2.45) is 17.3 Å². The molecule has 1 saturated carbocycles. The highest BCUT2D eigenvalue weighted by molar-refractivity contribution is 6.23. The van der Waals surface area contributed by atoms with E-state index in [0.29, 0.717) is 18.4 Å². The van der Waals surface area contributed by atoms with Crippen LogP contribution in [0.5, 0.6) is 0 Å². The molecule has 2 fully saturated rings. The molecule has 2 aliphatic carbocycles. The van der Waals surface area contributed by atoms with Gasteiger partial charge >= 0.3 is 23.9 Å². The maximum atomic E-state index is 12.8. The van der Waals surface area contributed by atoms with Gasteiger partial charge in [0.05, 0.1) is 16.7 Å². The van der Waals surface area contributed by atoms with Crippen LogP contribution in [0.25, 0.3) is 0 Å². The van der Waals surface area contributed by atoms with E-state index < -0.39 is 76.5 Å². The summed E-state index contributed by atoms with van der Waals surface area (Å²) in [6, 6.07) is 0. The van der Waals surface area contributed by atoms with Crippen LogP contribution in [0.3, 0.4) is 0 Å². The average molecular weight is 525 g/mol. The molecular weight excluding hydrogens is 492 g/mol. The normalized spacial score (nSPS) is 41.3. The van der Waals surface area contributed by atoms with Crippen molar-refractivity contribution in [2.45, 2.75) is 82.9 Å². The van der Waals surface area contributed by atoms with Crippen LogP contribution in [0.4, 0.5) is 0 Å². The molecule has 0 spiro atoms. The number of hydrogen-bond donors (Lipinski definition) is 1. The molecular formula is C26H33ClO9. The standard InChI is InChI=1S/C26H33ClO9/c1-12-8-10-18(33-15(4)28)25(7)19(34-16(5)29)11-9-13(2)21(27)23-26(32,14(3)24(31)36-23)22(20(12)25)35-17(6)30/h9,11,14,18-23,32H,1-2,8,10H2,3-7H3/b11-9+/t14-,18-,19-,20-,21-,22-,23-,25-,26+/m0/s1. The molecule has 1 saturated heterocycles. The van der Waals surface area contributed by atoms with Crippen molar-refractivity contribution >= 4 is 35.5 Å². The smallest absolute Gasteiger partial charge is 0.312 e. The summed E-state index contributed by atoms with van der Waals surface area (Å²) >= 11 is 6.66. The molecule has 9 nitrogen and oxygen atoms in total. The van der Waals surface area contributed by atoms with Crippen LogP contribution in [0.15, 0.2) is 36.5 Å². The summed E-state index contributed by atoms with van der Waals surface area (Å²) in [5.74, 6) is -4.71. The molecule has 1 N–H and O–H groups in total. The number of ether oxygens (including phenoxy) is 4. The lowest BCUT2D eigenvalue weighted by molar-refractivity contribution is -0.217. The molecule has 0 bridgehead atoms. The second-order valence-corrected chi connectivity index (χ2v) is 10.5. The third-order valence-electron chi connectivity index (χ3n) is 7.65. The Morgan fingerprint density at radius 2 is 1.69 bits per heavy atom. The molecule has 0 aromatic rings. The summed E-state index contributed by atoms with van der Waals surface area (Å²) in [4.78, 5) is 49.5. The first kappa shape index (κ1) is 27.9. The molecule has 3 aliphatic rings. The molecule has 0 aromatic carbocycles. The van der Waals surface area contributed by atoms with E-state index in [1.807, 2.05) is 0 Å². The first-order chi connectivity index (χ1) is 16.6. The Morgan fingerprint density at radius 1 is 1.11 bits per heavy atom. The van der Waals surface area contributed by atoms with Gasteiger partial charge in [-0.1, -0.05) is 31.7 Å². The number of carbonyl (C=O) groups is 4. The number of alkyl halides is 1. The number of halogens is 1. The highest BCUT2D eigenvalue weighted by atomic mass is 35.5. The van der Waals surface area contributed by atoms with Crippen LogP contribution < -0.4 is 0 Å².